The zero-order chi connectivity index (χ0) is 17.3. The Morgan fingerprint density at radius 3 is 2.17 bits per heavy atom. The first-order valence-corrected chi connectivity index (χ1v) is 8.62. The lowest BCUT2D eigenvalue weighted by molar-refractivity contribution is 0.566. The summed E-state index contributed by atoms with van der Waals surface area (Å²) in [5.41, 5.74) is 0.882. The normalized spacial score (nSPS) is 12.4. The van der Waals surface area contributed by atoms with Crippen molar-refractivity contribution in [3.8, 4) is 0 Å². The Hall–Kier alpha value is -1.79. The second kappa shape index (κ2) is 6.37. The van der Waals surface area contributed by atoms with Crippen LogP contribution in [0.1, 0.15) is 31.9 Å². The minimum Gasteiger partial charge on any atom is -0.207 e. The van der Waals surface area contributed by atoms with Crippen LogP contribution in [0.2, 0.25) is 0 Å². The SMILES string of the molecule is CC(C)(C)c1ccc(S(=O)(=O)NCc2cc(F)ccc2F)cc1. The van der Waals surface area contributed by atoms with Crippen molar-refractivity contribution >= 4 is 10.0 Å². The molecule has 1 N–H and O–H groups in total. The van der Waals surface area contributed by atoms with Crippen LogP contribution in [0.4, 0.5) is 8.78 Å². The van der Waals surface area contributed by atoms with Crippen molar-refractivity contribution < 1.29 is 17.2 Å². The van der Waals surface area contributed by atoms with E-state index in [1.807, 2.05) is 20.8 Å². The molecule has 0 saturated heterocycles. The Balaban J connectivity index is 2.17. The molecule has 6 heteroatoms. The number of halogens is 2. The van der Waals surface area contributed by atoms with Gasteiger partial charge in [-0.05, 0) is 41.3 Å². The van der Waals surface area contributed by atoms with Crippen molar-refractivity contribution in [1.29, 1.82) is 0 Å². The summed E-state index contributed by atoms with van der Waals surface area (Å²) < 4.78 is 53.4. The third-order valence-corrected chi connectivity index (χ3v) is 4.91. The molecule has 0 aromatic heterocycles. The van der Waals surface area contributed by atoms with Crippen molar-refractivity contribution in [3.63, 3.8) is 0 Å². The van der Waals surface area contributed by atoms with Crippen LogP contribution >= 0.6 is 0 Å². The second-order valence-electron chi connectivity index (χ2n) is 6.33. The predicted octanol–water partition coefficient (Wildman–Crippen LogP) is 3.74. The smallest absolute Gasteiger partial charge is 0.207 e. The summed E-state index contributed by atoms with van der Waals surface area (Å²) in [6.45, 7) is 5.78. The van der Waals surface area contributed by atoms with Gasteiger partial charge in [-0.3, -0.25) is 0 Å². The number of hydrogen-bond acceptors (Lipinski definition) is 2. The van der Waals surface area contributed by atoms with Crippen LogP contribution in [-0.2, 0) is 22.0 Å². The minimum atomic E-state index is -3.79. The molecule has 124 valence electrons. The average molecular weight is 339 g/mol. The predicted molar refractivity (Wildman–Crippen MR) is 85.5 cm³/mol. The van der Waals surface area contributed by atoms with Crippen molar-refractivity contribution in [2.75, 3.05) is 0 Å². The monoisotopic (exact) mass is 339 g/mol. The van der Waals surface area contributed by atoms with Crippen LogP contribution in [-0.4, -0.2) is 8.42 Å². The zero-order valence-corrected chi connectivity index (χ0v) is 14.0. The number of hydrogen-bond donors (Lipinski definition) is 1. The van der Waals surface area contributed by atoms with E-state index < -0.39 is 21.7 Å². The first kappa shape index (κ1) is 17.6. The molecule has 2 rings (SSSR count). The molecule has 0 unspecified atom stereocenters. The lowest BCUT2D eigenvalue weighted by atomic mass is 9.87. The summed E-state index contributed by atoms with van der Waals surface area (Å²) in [4.78, 5) is 0.0855. The van der Waals surface area contributed by atoms with Gasteiger partial charge in [-0.1, -0.05) is 32.9 Å². The van der Waals surface area contributed by atoms with Gasteiger partial charge in [0.05, 0.1) is 4.90 Å². The quantitative estimate of drug-likeness (QED) is 0.922. The van der Waals surface area contributed by atoms with Crippen molar-refractivity contribution in [3.05, 3.63) is 65.2 Å². The largest absolute Gasteiger partial charge is 0.240 e. The van der Waals surface area contributed by atoms with Gasteiger partial charge in [0.15, 0.2) is 0 Å². The molecule has 2 aromatic rings. The summed E-state index contributed by atoms with van der Waals surface area (Å²) in [5.74, 6) is -1.27. The second-order valence-corrected chi connectivity index (χ2v) is 8.10. The van der Waals surface area contributed by atoms with Gasteiger partial charge in [0.1, 0.15) is 11.6 Å². The highest BCUT2D eigenvalue weighted by molar-refractivity contribution is 7.89. The molecule has 2 aromatic carbocycles. The molecule has 0 amide bonds. The summed E-state index contributed by atoms with van der Waals surface area (Å²) in [6.07, 6.45) is 0. The Bertz CT molecular complexity index is 794. The van der Waals surface area contributed by atoms with E-state index in [0.29, 0.717) is 0 Å². The lowest BCUT2D eigenvalue weighted by Crippen LogP contribution is -2.24. The third-order valence-electron chi connectivity index (χ3n) is 3.49. The van der Waals surface area contributed by atoms with E-state index in [0.717, 1.165) is 23.8 Å². The van der Waals surface area contributed by atoms with Gasteiger partial charge >= 0.3 is 0 Å². The van der Waals surface area contributed by atoms with Crippen LogP contribution in [0.15, 0.2) is 47.4 Å². The third kappa shape index (κ3) is 4.36. The maximum absolute atomic E-state index is 13.5. The van der Waals surface area contributed by atoms with Crippen LogP contribution in [0.25, 0.3) is 0 Å². The molecule has 23 heavy (non-hydrogen) atoms. The molecular formula is C17H19F2NO2S. The maximum Gasteiger partial charge on any atom is 0.240 e. The van der Waals surface area contributed by atoms with Gasteiger partial charge in [-0.2, -0.15) is 0 Å². The molecular weight excluding hydrogens is 320 g/mol. The van der Waals surface area contributed by atoms with Crippen molar-refractivity contribution in [2.24, 2.45) is 0 Å². The number of nitrogens with one attached hydrogen (secondary N) is 1. The molecule has 0 saturated carbocycles. The van der Waals surface area contributed by atoms with E-state index in [-0.39, 0.29) is 22.4 Å². The van der Waals surface area contributed by atoms with Gasteiger partial charge < -0.3 is 0 Å². The molecule has 3 nitrogen and oxygen atoms in total. The van der Waals surface area contributed by atoms with E-state index in [9.17, 15) is 17.2 Å². The Morgan fingerprint density at radius 1 is 1.00 bits per heavy atom. The molecule has 0 radical (unpaired) electrons. The first-order chi connectivity index (χ1) is 10.6. The molecule has 0 aliphatic carbocycles. The molecule has 0 atom stereocenters. The minimum absolute atomic E-state index is 0.0418. The van der Waals surface area contributed by atoms with Gasteiger partial charge in [0, 0.05) is 12.1 Å². The fourth-order valence-corrected chi connectivity index (χ4v) is 3.08. The zero-order valence-electron chi connectivity index (χ0n) is 13.2. The van der Waals surface area contributed by atoms with Crippen LogP contribution in [0.3, 0.4) is 0 Å². The Morgan fingerprint density at radius 2 is 1.61 bits per heavy atom. The maximum atomic E-state index is 13.5. The summed E-state index contributed by atoms with van der Waals surface area (Å²) >= 11 is 0. The van der Waals surface area contributed by atoms with Gasteiger partial charge in [-0.25, -0.2) is 21.9 Å². The summed E-state index contributed by atoms with van der Waals surface area (Å²) in [5, 5.41) is 0. The molecule has 0 heterocycles. The summed E-state index contributed by atoms with van der Waals surface area (Å²) in [6, 6.07) is 9.43. The van der Waals surface area contributed by atoms with Crippen LogP contribution < -0.4 is 4.72 Å². The molecule has 0 spiro atoms. The van der Waals surface area contributed by atoms with E-state index in [1.165, 1.54) is 12.1 Å². The van der Waals surface area contributed by atoms with E-state index >= 15 is 0 Å². The fraction of sp³-hybridized carbons (Fsp3) is 0.294. The van der Waals surface area contributed by atoms with E-state index in [1.54, 1.807) is 12.1 Å². The number of sulfonamides is 1. The van der Waals surface area contributed by atoms with Gasteiger partial charge in [-0.15, -0.1) is 0 Å². The topological polar surface area (TPSA) is 46.2 Å². The van der Waals surface area contributed by atoms with Crippen molar-refractivity contribution in [1.82, 2.24) is 4.72 Å². The standard InChI is InChI=1S/C17H19F2NO2S/c1-17(2,3)13-4-7-15(8-5-13)23(21,22)20-11-12-10-14(18)6-9-16(12)19/h4-10,20H,11H2,1-3H3. The first-order valence-electron chi connectivity index (χ1n) is 7.14. The molecule has 0 fully saturated rings. The number of rotatable bonds is 4. The van der Waals surface area contributed by atoms with E-state index in [2.05, 4.69) is 4.72 Å². The Labute approximate surface area is 135 Å². The van der Waals surface area contributed by atoms with E-state index in [4.69, 9.17) is 0 Å². The highest BCUT2D eigenvalue weighted by atomic mass is 32.2. The highest BCUT2D eigenvalue weighted by Gasteiger charge is 2.18. The Kier molecular flexibility index (Phi) is 4.87. The molecule has 0 aliphatic rings. The van der Waals surface area contributed by atoms with Crippen LogP contribution in [0.5, 0.6) is 0 Å². The van der Waals surface area contributed by atoms with Crippen LogP contribution in [0, 0.1) is 11.6 Å². The van der Waals surface area contributed by atoms with Crippen molar-refractivity contribution in [2.45, 2.75) is 37.6 Å². The number of benzene rings is 2. The molecule has 0 bridgehead atoms. The average Bonchev–Trinajstić information content (AvgIpc) is 2.47. The molecule has 0 aliphatic heterocycles. The highest BCUT2D eigenvalue weighted by Crippen LogP contribution is 2.23. The van der Waals surface area contributed by atoms with Gasteiger partial charge in [0.2, 0.25) is 10.0 Å². The summed E-state index contributed by atoms with van der Waals surface area (Å²) in [7, 11) is -3.79. The fourth-order valence-electron chi connectivity index (χ4n) is 2.07. The lowest BCUT2D eigenvalue weighted by Gasteiger charge is -2.19. The van der Waals surface area contributed by atoms with Gasteiger partial charge in [0.25, 0.3) is 0 Å².